The fourth-order valence-corrected chi connectivity index (χ4v) is 3.26. The molecule has 1 amide bonds. The lowest BCUT2D eigenvalue weighted by Gasteiger charge is -2.22. The highest BCUT2D eigenvalue weighted by molar-refractivity contribution is 7.92. The number of amides is 1. The Labute approximate surface area is 149 Å². The van der Waals surface area contributed by atoms with Gasteiger partial charge in [-0.05, 0) is 30.5 Å². The van der Waals surface area contributed by atoms with Crippen LogP contribution in [0.25, 0.3) is 0 Å². The van der Waals surface area contributed by atoms with Crippen molar-refractivity contribution in [2.75, 3.05) is 30.8 Å². The molecule has 0 bridgehead atoms. The van der Waals surface area contributed by atoms with Crippen LogP contribution in [0.5, 0.6) is 5.75 Å². The van der Waals surface area contributed by atoms with Gasteiger partial charge in [0.05, 0.1) is 24.1 Å². The van der Waals surface area contributed by atoms with Gasteiger partial charge in [0.2, 0.25) is 15.9 Å². The Hall–Kier alpha value is -1.47. The maximum absolute atomic E-state index is 12.0. The van der Waals surface area contributed by atoms with E-state index in [1.807, 2.05) is 0 Å². The summed E-state index contributed by atoms with van der Waals surface area (Å²) in [7, 11) is -2.05. The second-order valence-electron chi connectivity index (χ2n) is 5.94. The standard InChI is InChI=1S/C16H25ClN2O4S/c1-12(2)7-9-18-16(20)8-10-19(24(4,21)22)13-5-6-15(23-3)14(17)11-13/h5-6,11-12H,7-10H2,1-4H3,(H,18,20). The summed E-state index contributed by atoms with van der Waals surface area (Å²) >= 11 is 6.06. The van der Waals surface area contributed by atoms with Crippen molar-refractivity contribution in [1.82, 2.24) is 5.32 Å². The number of hydrogen-bond donors (Lipinski definition) is 1. The van der Waals surface area contributed by atoms with E-state index in [1.54, 1.807) is 12.1 Å². The van der Waals surface area contributed by atoms with Gasteiger partial charge in [0.25, 0.3) is 0 Å². The molecule has 0 atom stereocenters. The van der Waals surface area contributed by atoms with Gasteiger partial charge in [0.15, 0.2) is 0 Å². The van der Waals surface area contributed by atoms with Crippen molar-refractivity contribution >= 4 is 33.2 Å². The summed E-state index contributed by atoms with van der Waals surface area (Å²) in [5.74, 6) is 0.781. The van der Waals surface area contributed by atoms with Gasteiger partial charge in [0.1, 0.15) is 5.75 Å². The summed E-state index contributed by atoms with van der Waals surface area (Å²) in [5.41, 5.74) is 0.401. The highest BCUT2D eigenvalue weighted by Crippen LogP contribution is 2.30. The summed E-state index contributed by atoms with van der Waals surface area (Å²) in [6, 6.07) is 4.71. The molecule has 6 nitrogen and oxygen atoms in total. The zero-order chi connectivity index (χ0) is 18.3. The quantitative estimate of drug-likeness (QED) is 0.718. The molecule has 1 rings (SSSR count). The smallest absolute Gasteiger partial charge is 0.232 e. The van der Waals surface area contributed by atoms with Gasteiger partial charge < -0.3 is 10.1 Å². The minimum atomic E-state index is -3.53. The SMILES string of the molecule is COc1ccc(N(CCC(=O)NCCC(C)C)S(C)(=O)=O)cc1Cl. The van der Waals surface area contributed by atoms with Gasteiger partial charge in [-0.25, -0.2) is 8.42 Å². The molecule has 8 heteroatoms. The molecule has 136 valence electrons. The highest BCUT2D eigenvalue weighted by Gasteiger charge is 2.19. The molecule has 0 saturated carbocycles. The molecule has 1 aromatic carbocycles. The highest BCUT2D eigenvalue weighted by atomic mass is 35.5. The van der Waals surface area contributed by atoms with E-state index in [0.717, 1.165) is 12.7 Å². The Balaban J connectivity index is 2.78. The first kappa shape index (κ1) is 20.6. The van der Waals surface area contributed by atoms with Crippen LogP contribution >= 0.6 is 11.6 Å². The molecule has 0 fully saturated rings. The lowest BCUT2D eigenvalue weighted by Crippen LogP contribution is -2.35. The number of carbonyl (C=O) groups is 1. The van der Waals surface area contributed by atoms with E-state index in [-0.39, 0.29) is 18.9 Å². The van der Waals surface area contributed by atoms with E-state index in [9.17, 15) is 13.2 Å². The fraction of sp³-hybridized carbons (Fsp3) is 0.562. The Bertz CT molecular complexity index is 662. The molecular weight excluding hydrogens is 352 g/mol. The van der Waals surface area contributed by atoms with E-state index < -0.39 is 10.0 Å². The monoisotopic (exact) mass is 376 g/mol. The molecule has 0 unspecified atom stereocenters. The summed E-state index contributed by atoms with van der Waals surface area (Å²) in [5, 5.41) is 3.11. The number of ether oxygens (including phenoxy) is 1. The Morgan fingerprint density at radius 3 is 2.54 bits per heavy atom. The number of sulfonamides is 1. The van der Waals surface area contributed by atoms with Crippen molar-refractivity contribution in [3.63, 3.8) is 0 Å². The Kier molecular flexibility index (Phi) is 7.83. The number of anilines is 1. The molecule has 0 aliphatic heterocycles. The predicted octanol–water partition coefficient (Wildman–Crippen LogP) is 2.67. The molecule has 0 aliphatic rings. The molecule has 1 N–H and O–H groups in total. The number of benzene rings is 1. The van der Waals surface area contributed by atoms with Crippen LogP contribution in [0, 0.1) is 5.92 Å². The maximum Gasteiger partial charge on any atom is 0.232 e. The summed E-state index contributed by atoms with van der Waals surface area (Å²) < 4.78 is 30.3. The van der Waals surface area contributed by atoms with Crippen molar-refractivity contribution in [3.05, 3.63) is 23.2 Å². The van der Waals surface area contributed by atoms with E-state index in [2.05, 4.69) is 19.2 Å². The van der Waals surface area contributed by atoms with Crippen LogP contribution in [0.3, 0.4) is 0 Å². The Morgan fingerprint density at radius 1 is 1.38 bits per heavy atom. The lowest BCUT2D eigenvalue weighted by molar-refractivity contribution is -0.120. The largest absolute Gasteiger partial charge is 0.495 e. The van der Waals surface area contributed by atoms with Crippen molar-refractivity contribution in [2.24, 2.45) is 5.92 Å². The van der Waals surface area contributed by atoms with E-state index >= 15 is 0 Å². The maximum atomic E-state index is 12.0. The first-order valence-corrected chi connectivity index (χ1v) is 9.95. The number of hydrogen-bond acceptors (Lipinski definition) is 4. The number of halogens is 1. The molecular formula is C16H25ClN2O4S. The number of methoxy groups -OCH3 is 1. The van der Waals surface area contributed by atoms with E-state index in [1.165, 1.54) is 17.5 Å². The second kappa shape index (κ2) is 9.13. The van der Waals surface area contributed by atoms with Gasteiger partial charge in [-0.15, -0.1) is 0 Å². The normalized spacial score (nSPS) is 11.4. The third-order valence-electron chi connectivity index (χ3n) is 3.41. The molecule has 1 aromatic rings. The second-order valence-corrected chi connectivity index (χ2v) is 8.25. The summed E-state index contributed by atoms with van der Waals surface area (Å²) in [6.07, 6.45) is 2.06. The number of nitrogens with one attached hydrogen (secondary N) is 1. The third kappa shape index (κ3) is 6.57. The first-order valence-electron chi connectivity index (χ1n) is 7.73. The average Bonchev–Trinajstić information content (AvgIpc) is 2.45. The zero-order valence-electron chi connectivity index (χ0n) is 14.5. The van der Waals surface area contributed by atoms with E-state index in [4.69, 9.17) is 16.3 Å². The fourth-order valence-electron chi connectivity index (χ4n) is 2.09. The zero-order valence-corrected chi connectivity index (χ0v) is 16.1. The van der Waals surface area contributed by atoms with Crippen LogP contribution in [-0.4, -0.2) is 40.8 Å². The molecule has 24 heavy (non-hydrogen) atoms. The summed E-state index contributed by atoms with van der Waals surface area (Å²) in [6.45, 7) is 4.79. The van der Waals surface area contributed by atoms with Crippen LogP contribution in [0.4, 0.5) is 5.69 Å². The predicted molar refractivity (Wildman–Crippen MR) is 97.3 cm³/mol. The molecule has 0 saturated heterocycles. The minimum Gasteiger partial charge on any atom is -0.495 e. The number of nitrogens with zero attached hydrogens (tertiary/aromatic N) is 1. The minimum absolute atomic E-state index is 0.0506. The summed E-state index contributed by atoms with van der Waals surface area (Å²) in [4.78, 5) is 11.9. The van der Waals surface area contributed by atoms with Crippen molar-refractivity contribution in [1.29, 1.82) is 0 Å². The molecule has 0 radical (unpaired) electrons. The number of carbonyl (C=O) groups excluding carboxylic acids is 1. The van der Waals surface area contributed by atoms with Crippen molar-refractivity contribution < 1.29 is 17.9 Å². The molecule has 0 spiro atoms. The first-order chi connectivity index (χ1) is 11.1. The molecule has 0 heterocycles. The van der Waals surface area contributed by atoms with E-state index in [0.29, 0.717) is 28.9 Å². The van der Waals surface area contributed by atoms with Crippen molar-refractivity contribution in [2.45, 2.75) is 26.7 Å². The van der Waals surface area contributed by atoms with Gasteiger partial charge in [-0.2, -0.15) is 0 Å². The third-order valence-corrected chi connectivity index (χ3v) is 4.90. The van der Waals surface area contributed by atoms with Gasteiger partial charge in [0, 0.05) is 19.5 Å². The Morgan fingerprint density at radius 2 is 2.04 bits per heavy atom. The molecule has 0 aliphatic carbocycles. The van der Waals surface area contributed by atoms with Crippen LogP contribution in [0.2, 0.25) is 5.02 Å². The topological polar surface area (TPSA) is 75.7 Å². The van der Waals surface area contributed by atoms with Gasteiger partial charge in [-0.3, -0.25) is 9.10 Å². The number of rotatable bonds is 9. The van der Waals surface area contributed by atoms with Crippen molar-refractivity contribution in [3.8, 4) is 5.75 Å². The average molecular weight is 377 g/mol. The van der Waals surface area contributed by atoms with Gasteiger partial charge >= 0.3 is 0 Å². The van der Waals surface area contributed by atoms with Crippen LogP contribution in [0.15, 0.2) is 18.2 Å². The van der Waals surface area contributed by atoms with Crippen LogP contribution < -0.4 is 14.4 Å². The lowest BCUT2D eigenvalue weighted by atomic mass is 10.1. The van der Waals surface area contributed by atoms with Crippen LogP contribution in [-0.2, 0) is 14.8 Å². The van der Waals surface area contributed by atoms with Gasteiger partial charge in [-0.1, -0.05) is 25.4 Å². The molecule has 0 aromatic heterocycles. The van der Waals surface area contributed by atoms with Crippen LogP contribution in [0.1, 0.15) is 26.7 Å².